The zero-order valence-electron chi connectivity index (χ0n) is 16.5. The highest BCUT2D eigenvalue weighted by molar-refractivity contribution is 7.99. The summed E-state index contributed by atoms with van der Waals surface area (Å²) in [7, 11) is 1.85. The molecular weight excluding hydrogens is 416 g/mol. The van der Waals surface area contributed by atoms with E-state index >= 15 is 0 Å². The standard InChI is InChI=1S/C21H18N6O3S/c1-27-19(14-7-9-22-10-8-14)25-26-21(27)31-13-18(28)23-15-4-2-5-16(12-15)24-20(29)17-6-3-11-30-17/h2-12H,13H2,1H3,(H,23,28)(H,24,29). The summed E-state index contributed by atoms with van der Waals surface area (Å²) in [6.07, 6.45) is 4.81. The van der Waals surface area contributed by atoms with Crippen LogP contribution in [0.15, 0.2) is 76.8 Å². The SMILES string of the molecule is Cn1c(SCC(=O)Nc2cccc(NC(=O)c3ccco3)c2)nnc1-c1ccncc1. The number of nitrogens with one attached hydrogen (secondary N) is 2. The molecule has 0 radical (unpaired) electrons. The number of anilines is 2. The molecule has 2 amide bonds. The fourth-order valence-corrected chi connectivity index (χ4v) is 3.51. The number of thioether (sulfide) groups is 1. The molecule has 2 N–H and O–H groups in total. The molecule has 0 aliphatic heterocycles. The lowest BCUT2D eigenvalue weighted by Gasteiger charge is -2.08. The van der Waals surface area contributed by atoms with Gasteiger partial charge < -0.3 is 19.6 Å². The van der Waals surface area contributed by atoms with Crippen molar-refractivity contribution in [2.45, 2.75) is 5.16 Å². The largest absolute Gasteiger partial charge is 0.459 e. The first-order valence-corrected chi connectivity index (χ1v) is 10.3. The molecule has 1 aromatic carbocycles. The van der Waals surface area contributed by atoms with Gasteiger partial charge in [-0.25, -0.2) is 0 Å². The van der Waals surface area contributed by atoms with Gasteiger partial charge in [0.05, 0.1) is 12.0 Å². The van der Waals surface area contributed by atoms with Crippen molar-refractivity contribution >= 4 is 35.0 Å². The van der Waals surface area contributed by atoms with Crippen LogP contribution in [0.2, 0.25) is 0 Å². The van der Waals surface area contributed by atoms with Gasteiger partial charge in [-0.15, -0.1) is 10.2 Å². The molecule has 156 valence electrons. The van der Waals surface area contributed by atoms with E-state index in [4.69, 9.17) is 4.42 Å². The van der Waals surface area contributed by atoms with Gasteiger partial charge in [0.15, 0.2) is 16.7 Å². The lowest BCUT2D eigenvalue weighted by Crippen LogP contribution is -2.15. The Balaban J connectivity index is 1.34. The highest BCUT2D eigenvalue weighted by Gasteiger charge is 2.13. The van der Waals surface area contributed by atoms with E-state index in [9.17, 15) is 9.59 Å². The molecule has 10 heteroatoms. The number of benzene rings is 1. The quantitative estimate of drug-likeness (QED) is 0.428. The van der Waals surface area contributed by atoms with Crippen LogP contribution in [0.3, 0.4) is 0 Å². The van der Waals surface area contributed by atoms with Crippen molar-refractivity contribution in [3.05, 3.63) is 72.9 Å². The monoisotopic (exact) mass is 434 g/mol. The molecule has 0 atom stereocenters. The molecule has 0 saturated carbocycles. The van der Waals surface area contributed by atoms with Crippen molar-refractivity contribution in [2.24, 2.45) is 7.05 Å². The average molecular weight is 434 g/mol. The fourth-order valence-electron chi connectivity index (χ4n) is 2.80. The minimum absolute atomic E-state index is 0.158. The number of amides is 2. The van der Waals surface area contributed by atoms with Gasteiger partial charge in [0.1, 0.15) is 0 Å². The fraction of sp³-hybridized carbons (Fsp3) is 0.0952. The third kappa shape index (κ3) is 4.98. The highest BCUT2D eigenvalue weighted by Crippen LogP contribution is 2.22. The van der Waals surface area contributed by atoms with E-state index in [0.717, 1.165) is 5.56 Å². The number of furan rings is 1. The number of aromatic nitrogens is 4. The van der Waals surface area contributed by atoms with E-state index in [0.29, 0.717) is 22.4 Å². The maximum Gasteiger partial charge on any atom is 0.291 e. The van der Waals surface area contributed by atoms with Gasteiger partial charge in [0, 0.05) is 36.4 Å². The summed E-state index contributed by atoms with van der Waals surface area (Å²) in [6, 6.07) is 13.8. The van der Waals surface area contributed by atoms with Crippen LogP contribution in [0, 0.1) is 0 Å². The van der Waals surface area contributed by atoms with Gasteiger partial charge in [-0.1, -0.05) is 17.8 Å². The first-order chi connectivity index (χ1) is 15.1. The van der Waals surface area contributed by atoms with Gasteiger partial charge in [-0.05, 0) is 42.5 Å². The van der Waals surface area contributed by atoms with E-state index in [1.54, 1.807) is 48.8 Å². The summed E-state index contributed by atoms with van der Waals surface area (Å²) in [5.74, 6) is 0.501. The van der Waals surface area contributed by atoms with Crippen LogP contribution >= 0.6 is 11.8 Å². The van der Waals surface area contributed by atoms with Gasteiger partial charge in [0.25, 0.3) is 5.91 Å². The molecule has 0 aliphatic rings. The number of nitrogens with zero attached hydrogens (tertiary/aromatic N) is 4. The Morgan fingerprint density at radius 2 is 1.81 bits per heavy atom. The molecule has 0 bridgehead atoms. The molecule has 3 aromatic heterocycles. The van der Waals surface area contributed by atoms with Crippen molar-refractivity contribution in [2.75, 3.05) is 16.4 Å². The number of hydrogen-bond acceptors (Lipinski definition) is 7. The van der Waals surface area contributed by atoms with Crippen molar-refractivity contribution in [3.8, 4) is 11.4 Å². The lowest BCUT2D eigenvalue weighted by atomic mass is 10.2. The van der Waals surface area contributed by atoms with Crippen LogP contribution in [0.5, 0.6) is 0 Å². The molecule has 4 rings (SSSR count). The molecular formula is C21H18N6O3S. The van der Waals surface area contributed by atoms with E-state index in [1.807, 2.05) is 23.7 Å². The summed E-state index contributed by atoms with van der Waals surface area (Å²) in [5, 5.41) is 14.5. The summed E-state index contributed by atoms with van der Waals surface area (Å²) >= 11 is 1.28. The van der Waals surface area contributed by atoms with Crippen molar-refractivity contribution in [3.63, 3.8) is 0 Å². The number of hydrogen-bond donors (Lipinski definition) is 2. The van der Waals surface area contributed by atoms with Crippen LogP contribution in [-0.4, -0.2) is 37.3 Å². The van der Waals surface area contributed by atoms with Crippen LogP contribution in [-0.2, 0) is 11.8 Å². The predicted molar refractivity (Wildman–Crippen MR) is 117 cm³/mol. The van der Waals surface area contributed by atoms with Gasteiger partial charge in [0.2, 0.25) is 5.91 Å². The number of rotatable bonds is 7. The predicted octanol–water partition coefficient (Wildman–Crippen LogP) is 3.45. The second-order valence-electron chi connectivity index (χ2n) is 6.45. The van der Waals surface area contributed by atoms with Crippen molar-refractivity contribution in [1.29, 1.82) is 0 Å². The Morgan fingerprint density at radius 1 is 1.03 bits per heavy atom. The maximum atomic E-state index is 12.4. The van der Waals surface area contributed by atoms with Gasteiger partial charge in [-0.3, -0.25) is 14.6 Å². The molecule has 0 saturated heterocycles. The smallest absolute Gasteiger partial charge is 0.291 e. The minimum Gasteiger partial charge on any atom is -0.459 e. The molecule has 0 unspecified atom stereocenters. The summed E-state index contributed by atoms with van der Waals surface area (Å²) in [6.45, 7) is 0. The molecule has 0 spiro atoms. The normalized spacial score (nSPS) is 10.6. The van der Waals surface area contributed by atoms with Crippen molar-refractivity contribution < 1.29 is 14.0 Å². The zero-order valence-corrected chi connectivity index (χ0v) is 17.3. The average Bonchev–Trinajstić information content (AvgIpc) is 3.43. The lowest BCUT2D eigenvalue weighted by molar-refractivity contribution is -0.113. The number of carbonyl (C=O) groups excluding carboxylic acids is 2. The zero-order chi connectivity index (χ0) is 21.6. The van der Waals surface area contributed by atoms with E-state index < -0.39 is 0 Å². The molecule has 4 aromatic rings. The van der Waals surface area contributed by atoms with Gasteiger partial charge in [-0.2, -0.15) is 0 Å². The third-order valence-electron chi connectivity index (χ3n) is 4.25. The molecule has 3 heterocycles. The van der Waals surface area contributed by atoms with E-state index in [1.165, 1.54) is 18.0 Å². The van der Waals surface area contributed by atoms with E-state index in [-0.39, 0.29) is 23.3 Å². The summed E-state index contributed by atoms with van der Waals surface area (Å²) in [4.78, 5) is 28.5. The van der Waals surface area contributed by atoms with Crippen LogP contribution in [0.4, 0.5) is 11.4 Å². The maximum absolute atomic E-state index is 12.4. The highest BCUT2D eigenvalue weighted by atomic mass is 32.2. The third-order valence-corrected chi connectivity index (χ3v) is 5.28. The molecule has 31 heavy (non-hydrogen) atoms. The Labute approximate surface area is 181 Å². The number of carbonyl (C=O) groups is 2. The minimum atomic E-state index is -0.365. The molecule has 0 aliphatic carbocycles. The van der Waals surface area contributed by atoms with Crippen LogP contribution in [0.1, 0.15) is 10.6 Å². The summed E-state index contributed by atoms with van der Waals surface area (Å²) in [5.41, 5.74) is 2.01. The van der Waals surface area contributed by atoms with Crippen molar-refractivity contribution in [1.82, 2.24) is 19.7 Å². The topological polar surface area (TPSA) is 115 Å². The Bertz CT molecular complexity index is 1190. The Morgan fingerprint density at radius 3 is 2.55 bits per heavy atom. The molecule has 0 fully saturated rings. The first-order valence-electron chi connectivity index (χ1n) is 9.27. The Hall–Kier alpha value is -3.92. The second kappa shape index (κ2) is 9.26. The van der Waals surface area contributed by atoms with Crippen LogP contribution < -0.4 is 10.6 Å². The summed E-state index contributed by atoms with van der Waals surface area (Å²) < 4.78 is 6.91. The number of pyridine rings is 1. The Kier molecular flexibility index (Phi) is 6.08. The van der Waals surface area contributed by atoms with E-state index in [2.05, 4.69) is 25.8 Å². The van der Waals surface area contributed by atoms with Crippen LogP contribution in [0.25, 0.3) is 11.4 Å². The first kappa shape index (κ1) is 20.4. The van der Waals surface area contributed by atoms with Gasteiger partial charge >= 0.3 is 0 Å². The second-order valence-corrected chi connectivity index (χ2v) is 7.39. The molecule has 9 nitrogen and oxygen atoms in total.